The van der Waals surface area contributed by atoms with Crippen LogP contribution in [0.15, 0.2) is 12.1 Å². The van der Waals surface area contributed by atoms with Crippen LogP contribution >= 0.6 is 0 Å². The highest BCUT2D eigenvalue weighted by atomic mass is 16.5. The van der Waals surface area contributed by atoms with Crippen LogP contribution in [-0.4, -0.2) is 20.1 Å². The molecule has 1 aromatic carbocycles. The van der Waals surface area contributed by atoms with Crippen LogP contribution in [0.2, 0.25) is 0 Å². The zero-order valence-electron chi connectivity index (χ0n) is 10.6. The van der Waals surface area contributed by atoms with Gasteiger partial charge in [-0.1, -0.05) is 6.07 Å². The third-order valence-corrected chi connectivity index (χ3v) is 2.57. The Bertz CT molecular complexity index is 475. The van der Waals surface area contributed by atoms with Gasteiger partial charge in [-0.3, -0.25) is 4.79 Å². The number of ether oxygens (including phenoxy) is 1. The molecule has 90 valence electrons. The Hall–Kier alpha value is -2.02. The summed E-state index contributed by atoms with van der Waals surface area (Å²) in [4.78, 5) is 13.2. The second-order valence-corrected chi connectivity index (χ2v) is 3.92. The summed E-state index contributed by atoms with van der Waals surface area (Å²) in [5.41, 5.74) is 2.75. The van der Waals surface area contributed by atoms with Crippen molar-refractivity contribution in [3.05, 3.63) is 23.3 Å². The average Bonchev–Trinajstić information content (AvgIpc) is 2.27. The van der Waals surface area contributed by atoms with Crippen molar-refractivity contribution in [3.8, 4) is 11.8 Å². The van der Waals surface area contributed by atoms with Gasteiger partial charge in [-0.2, -0.15) is 5.26 Å². The number of carbonyl (C=O) groups is 1. The first kappa shape index (κ1) is 13.0. The van der Waals surface area contributed by atoms with Gasteiger partial charge in [0.15, 0.2) is 0 Å². The normalized spacial score (nSPS) is 9.59. The van der Waals surface area contributed by atoms with Crippen molar-refractivity contribution in [2.75, 3.05) is 19.1 Å². The number of nitriles is 1. The van der Waals surface area contributed by atoms with E-state index < -0.39 is 0 Å². The Morgan fingerprint density at radius 3 is 2.65 bits per heavy atom. The van der Waals surface area contributed by atoms with Gasteiger partial charge >= 0.3 is 0 Å². The minimum atomic E-state index is -0.238. The zero-order valence-corrected chi connectivity index (χ0v) is 10.6. The fourth-order valence-corrected chi connectivity index (χ4v) is 1.82. The van der Waals surface area contributed by atoms with Crippen LogP contribution in [0.3, 0.4) is 0 Å². The molecule has 0 saturated heterocycles. The molecule has 0 radical (unpaired) electrons. The van der Waals surface area contributed by atoms with Gasteiger partial charge < -0.3 is 9.64 Å². The fraction of sp³-hybridized carbons (Fsp3) is 0.385. The van der Waals surface area contributed by atoms with Gasteiger partial charge in [0.2, 0.25) is 5.91 Å². The predicted octanol–water partition coefficient (Wildman–Crippen LogP) is 2.19. The molecule has 0 spiro atoms. The molecule has 0 aliphatic rings. The maximum Gasteiger partial charge on any atom is 0.241 e. The van der Waals surface area contributed by atoms with Gasteiger partial charge in [0.25, 0.3) is 0 Å². The van der Waals surface area contributed by atoms with Gasteiger partial charge in [-0.25, -0.2) is 0 Å². The lowest BCUT2D eigenvalue weighted by Gasteiger charge is -2.21. The molecule has 0 aliphatic carbocycles. The summed E-state index contributed by atoms with van der Waals surface area (Å²) in [6, 6.07) is 5.71. The van der Waals surface area contributed by atoms with Gasteiger partial charge in [0.1, 0.15) is 12.2 Å². The summed E-state index contributed by atoms with van der Waals surface area (Å²) in [5.74, 6) is 0.411. The number of carbonyl (C=O) groups excluding carboxylic acids is 1. The van der Waals surface area contributed by atoms with Crippen molar-refractivity contribution in [2.24, 2.45) is 0 Å². The highest BCUT2D eigenvalue weighted by Crippen LogP contribution is 2.32. The van der Waals surface area contributed by atoms with Crippen molar-refractivity contribution in [2.45, 2.75) is 20.3 Å². The molecule has 0 saturated carbocycles. The van der Waals surface area contributed by atoms with E-state index >= 15 is 0 Å². The lowest BCUT2D eigenvalue weighted by molar-refractivity contribution is -0.117. The van der Waals surface area contributed by atoms with Crippen LogP contribution in [0.5, 0.6) is 5.75 Å². The molecule has 0 N–H and O–H groups in total. The number of rotatable bonds is 3. The van der Waals surface area contributed by atoms with E-state index in [4.69, 9.17) is 10.00 Å². The summed E-state index contributed by atoms with van der Waals surface area (Å²) in [6.45, 7) is 3.89. The van der Waals surface area contributed by atoms with Crippen molar-refractivity contribution >= 4 is 11.6 Å². The number of anilines is 1. The summed E-state index contributed by atoms with van der Waals surface area (Å²) >= 11 is 0. The number of methoxy groups -OCH3 is 1. The monoisotopic (exact) mass is 232 g/mol. The molecule has 0 aliphatic heterocycles. The number of hydrogen-bond acceptors (Lipinski definition) is 3. The summed E-state index contributed by atoms with van der Waals surface area (Å²) < 4.78 is 5.28. The molecule has 0 unspecified atom stereocenters. The Labute approximate surface area is 101 Å². The number of nitrogens with zero attached hydrogens (tertiary/aromatic N) is 2. The van der Waals surface area contributed by atoms with E-state index in [2.05, 4.69) is 0 Å². The van der Waals surface area contributed by atoms with E-state index in [1.807, 2.05) is 32.0 Å². The van der Waals surface area contributed by atoms with Gasteiger partial charge in [-0.15, -0.1) is 0 Å². The van der Waals surface area contributed by atoms with Crippen molar-refractivity contribution in [1.82, 2.24) is 0 Å². The maximum absolute atomic E-state index is 11.7. The molecule has 4 heteroatoms. The number of aryl methyl sites for hydroxylation is 2. The van der Waals surface area contributed by atoms with Gasteiger partial charge in [0.05, 0.1) is 18.9 Å². The SMILES string of the molecule is COc1cc(C)cc(C)c1N(C)C(=O)CC#N. The molecule has 0 fully saturated rings. The molecule has 0 heterocycles. The Kier molecular flexibility index (Phi) is 4.11. The Morgan fingerprint density at radius 2 is 2.12 bits per heavy atom. The van der Waals surface area contributed by atoms with E-state index in [0.29, 0.717) is 5.75 Å². The average molecular weight is 232 g/mol. The van der Waals surface area contributed by atoms with Crippen LogP contribution in [-0.2, 0) is 4.79 Å². The summed E-state index contributed by atoms with van der Waals surface area (Å²) in [5, 5.41) is 8.54. The molecule has 17 heavy (non-hydrogen) atoms. The van der Waals surface area contributed by atoms with Gasteiger partial charge in [-0.05, 0) is 31.0 Å². The van der Waals surface area contributed by atoms with Crippen LogP contribution in [0.4, 0.5) is 5.69 Å². The smallest absolute Gasteiger partial charge is 0.241 e. The minimum Gasteiger partial charge on any atom is -0.495 e. The van der Waals surface area contributed by atoms with Crippen molar-refractivity contribution in [1.29, 1.82) is 5.26 Å². The standard InChI is InChI=1S/C13H16N2O2/c1-9-7-10(2)13(11(8-9)17-4)15(3)12(16)5-6-14/h7-8H,5H2,1-4H3. The lowest BCUT2D eigenvalue weighted by Crippen LogP contribution is -2.26. The molecule has 1 amide bonds. The second-order valence-electron chi connectivity index (χ2n) is 3.92. The molecule has 1 aromatic rings. The van der Waals surface area contributed by atoms with E-state index in [9.17, 15) is 4.79 Å². The number of benzene rings is 1. The molecular formula is C13H16N2O2. The molecular weight excluding hydrogens is 216 g/mol. The fourth-order valence-electron chi connectivity index (χ4n) is 1.82. The third-order valence-electron chi connectivity index (χ3n) is 2.57. The molecule has 0 bridgehead atoms. The van der Waals surface area contributed by atoms with Crippen molar-refractivity contribution in [3.63, 3.8) is 0 Å². The highest BCUT2D eigenvalue weighted by molar-refractivity contribution is 5.96. The topological polar surface area (TPSA) is 53.3 Å². The van der Waals surface area contributed by atoms with Crippen LogP contribution in [0, 0.1) is 25.2 Å². The van der Waals surface area contributed by atoms with Crippen LogP contribution in [0.25, 0.3) is 0 Å². The van der Waals surface area contributed by atoms with E-state index in [0.717, 1.165) is 16.8 Å². The largest absolute Gasteiger partial charge is 0.495 e. The first-order valence-electron chi connectivity index (χ1n) is 5.30. The van der Waals surface area contributed by atoms with E-state index in [-0.39, 0.29) is 12.3 Å². The highest BCUT2D eigenvalue weighted by Gasteiger charge is 2.17. The second kappa shape index (κ2) is 5.35. The number of hydrogen-bond donors (Lipinski definition) is 0. The van der Waals surface area contributed by atoms with Crippen molar-refractivity contribution < 1.29 is 9.53 Å². The minimum absolute atomic E-state index is 0.132. The Balaban J connectivity index is 3.21. The molecule has 0 aromatic heterocycles. The number of amides is 1. The zero-order chi connectivity index (χ0) is 13.0. The van der Waals surface area contributed by atoms with E-state index in [1.54, 1.807) is 14.2 Å². The maximum atomic E-state index is 11.7. The van der Waals surface area contributed by atoms with E-state index in [1.165, 1.54) is 4.90 Å². The summed E-state index contributed by atoms with van der Waals surface area (Å²) in [7, 11) is 3.22. The van der Waals surface area contributed by atoms with Gasteiger partial charge in [0, 0.05) is 7.05 Å². The third kappa shape index (κ3) is 2.76. The summed E-state index contributed by atoms with van der Waals surface area (Å²) in [6.07, 6.45) is -0.132. The van der Waals surface area contributed by atoms with Crippen LogP contribution < -0.4 is 9.64 Å². The molecule has 1 rings (SSSR count). The molecule has 0 atom stereocenters. The predicted molar refractivity (Wildman–Crippen MR) is 66.1 cm³/mol. The van der Waals surface area contributed by atoms with Crippen LogP contribution in [0.1, 0.15) is 17.5 Å². The first-order valence-corrected chi connectivity index (χ1v) is 5.30. The molecule has 4 nitrogen and oxygen atoms in total. The Morgan fingerprint density at radius 1 is 1.47 bits per heavy atom. The first-order chi connectivity index (χ1) is 8.01. The quantitative estimate of drug-likeness (QED) is 0.802. The lowest BCUT2D eigenvalue weighted by atomic mass is 10.1.